The van der Waals surface area contributed by atoms with Crippen molar-refractivity contribution >= 4 is 69.8 Å². The van der Waals surface area contributed by atoms with E-state index >= 15 is 0 Å². The quantitative estimate of drug-likeness (QED) is 0.129. The van der Waals surface area contributed by atoms with Gasteiger partial charge in [-0.3, -0.25) is 24.5 Å². The van der Waals surface area contributed by atoms with Crippen molar-refractivity contribution in [2.45, 2.75) is 6.54 Å². The number of imide groups is 1. The minimum atomic E-state index is -0.920. The Balaban J connectivity index is 1.82. The molecule has 1 aliphatic heterocycles. The Kier molecular flexibility index (Phi) is 6.51. The number of non-ortho nitro benzene ring substituents is 1. The number of nitro benzene ring substituents is 1. The maximum absolute atomic E-state index is 13.5. The van der Waals surface area contributed by atoms with Gasteiger partial charge in [0.2, 0.25) is 0 Å². The molecule has 0 aliphatic carbocycles. The van der Waals surface area contributed by atoms with Gasteiger partial charge in [-0.1, -0.05) is 76.7 Å². The molecular weight excluding hydrogens is 528 g/mol. The summed E-state index contributed by atoms with van der Waals surface area (Å²) in [4.78, 5) is 50.5. The number of rotatable bonds is 5. The number of hydrogen-bond acceptors (Lipinski definition) is 5. The van der Waals surface area contributed by atoms with Gasteiger partial charge >= 0.3 is 0 Å². The molecule has 1 aliphatic rings. The first-order valence-electron chi connectivity index (χ1n) is 9.48. The average molecular weight is 539 g/mol. The summed E-state index contributed by atoms with van der Waals surface area (Å²) in [5, 5.41) is 11.5. The van der Waals surface area contributed by atoms with E-state index in [1.807, 2.05) is 0 Å². The van der Waals surface area contributed by atoms with Crippen LogP contribution in [0, 0.1) is 10.1 Å². The summed E-state index contributed by atoms with van der Waals surface area (Å²) in [6.45, 7) is -0.182. The summed E-state index contributed by atoms with van der Waals surface area (Å²) in [6, 6.07) is 13.3. The Morgan fingerprint density at radius 3 is 1.79 bits per heavy atom. The minimum absolute atomic E-state index is 0.00588. The lowest BCUT2D eigenvalue weighted by Crippen LogP contribution is -2.49. The predicted octanol–water partition coefficient (Wildman–Crippen LogP) is 6.06. The molecular formula is C22H11Cl4N3O5. The van der Waals surface area contributed by atoms with E-state index in [1.165, 1.54) is 12.1 Å². The molecule has 8 nitrogen and oxygen atoms in total. The second-order valence-corrected chi connectivity index (χ2v) is 8.59. The molecule has 0 N–H and O–H groups in total. The zero-order valence-electron chi connectivity index (χ0n) is 16.8. The Morgan fingerprint density at radius 1 is 0.824 bits per heavy atom. The molecule has 172 valence electrons. The maximum atomic E-state index is 13.5. The topological polar surface area (TPSA) is 101 Å². The summed E-state index contributed by atoms with van der Waals surface area (Å²) in [5.41, 5.74) is -0.176. The first-order valence-corrected chi connectivity index (χ1v) is 11.0. The van der Waals surface area contributed by atoms with Gasteiger partial charge in [0.05, 0.1) is 42.7 Å². The van der Waals surface area contributed by atoms with Crippen LogP contribution in [0.5, 0.6) is 0 Å². The number of carbonyl (C=O) groups excluding carboxylic acids is 3. The van der Waals surface area contributed by atoms with Crippen LogP contribution in [-0.2, 0) is 6.54 Å². The fraction of sp³-hybridized carbons (Fsp3) is 0.0455. The standard InChI is InChI=1S/C22H11Cl4N3O5/c23-16-14-15(17(24)19(26)18(16)25)22(32)28(21(14)31)27(10-11-4-2-1-3-5-11)20(30)12-6-8-13(9-7-12)29(33)34/h1-9H,10H2. The average Bonchev–Trinajstić information content (AvgIpc) is 3.10. The smallest absolute Gasteiger partial charge is 0.267 e. The third-order valence-electron chi connectivity index (χ3n) is 5.06. The molecule has 0 radical (unpaired) electrons. The number of hydrazine groups is 1. The highest BCUT2D eigenvalue weighted by atomic mass is 35.5. The summed E-state index contributed by atoms with van der Waals surface area (Å²) >= 11 is 24.6. The Hall–Kier alpha value is -3.17. The molecule has 0 unspecified atom stereocenters. The highest BCUT2D eigenvalue weighted by Crippen LogP contribution is 2.45. The van der Waals surface area contributed by atoms with Gasteiger partial charge in [0.1, 0.15) is 0 Å². The highest BCUT2D eigenvalue weighted by Gasteiger charge is 2.46. The van der Waals surface area contributed by atoms with Crippen molar-refractivity contribution in [3.8, 4) is 0 Å². The zero-order valence-corrected chi connectivity index (χ0v) is 19.8. The third-order valence-corrected chi connectivity index (χ3v) is 6.86. The number of hydrogen-bond donors (Lipinski definition) is 0. The third kappa shape index (κ3) is 3.99. The molecule has 0 spiro atoms. The monoisotopic (exact) mass is 537 g/mol. The van der Waals surface area contributed by atoms with Crippen molar-refractivity contribution in [2.24, 2.45) is 0 Å². The summed E-state index contributed by atoms with van der Waals surface area (Å²) < 4.78 is 0. The first-order chi connectivity index (χ1) is 16.1. The summed E-state index contributed by atoms with van der Waals surface area (Å²) in [7, 11) is 0. The molecule has 0 atom stereocenters. The van der Waals surface area contributed by atoms with E-state index in [9.17, 15) is 24.5 Å². The molecule has 3 amide bonds. The zero-order chi connectivity index (χ0) is 24.7. The predicted molar refractivity (Wildman–Crippen MR) is 126 cm³/mol. The van der Waals surface area contributed by atoms with Gasteiger partial charge in [0.15, 0.2) is 0 Å². The molecule has 0 saturated carbocycles. The van der Waals surface area contributed by atoms with Crippen molar-refractivity contribution < 1.29 is 19.3 Å². The number of amides is 3. The molecule has 4 rings (SSSR count). The van der Waals surface area contributed by atoms with Gasteiger partial charge in [0, 0.05) is 17.7 Å². The van der Waals surface area contributed by atoms with Gasteiger partial charge in [-0.05, 0) is 17.7 Å². The molecule has 12 heteroatoms. The molecule has 0 bridgehead atoms. The van der Waals surface area contributed by atoms with Crippen LogP contribution in [0.2, 0.25) is 20.1 Å². The van der Waals surface area contributed by atoms with Crippen molar-refractivity contribution in [1.82, 2.24) is 10.0 Å². The van der Waals surface area contributed by atoms with Crippen molar-refractivity contribution in [3.05, 3.63) is 107 Å². The van der Waals surface area contributed by atoms with Crippen LogP contribution in [0.1, 0.15) is 36.6 Å². The van der Waals surface area contributed by atoms with Crippen LogP contribution in [-0.4, -0.2) is 32.7 Å². The van der Waals surface area contributed by atoms with E-state index in [2.05, 4.69) is 0 Å². The van der Waals surface area contributed by atoms with E-state index < -0.39 is 22.6 Å². The van der Waals surface area contributed by atoms with E-state index in [4.69, 9.17) is 46.4 Å². The number of halogens is 4. The second-order valence-electron chi connectivity index (χ2n) is 7.08. The van der Waals surface area contributed by atoms with E-state index in [1.54, 1.807) is 30.3 Å². The number of benzene rings is 3. The van der Waals surface area contributed by atoms with Crippen LogP contribution in [0.3, 0.4) is 0 Å². The van der Waals surface area contributed by atoms with Crippen molar-refractivity contribution in [3.63, 3.8) is 0 Å². The van der Waals surface area contributed by atoms with Crippen LogP contribution in [0.4, 0.5) is 5.69 Å². The molecule has 34 heavy (non-hydrogen) atoms. The number of nitro groups is 1. The van der Waals surface area contributed by atoms with E-state index in [-0.39, 0.29) is 49.0 Å². The van der Waals surface area contributed by atoms with Gasteiger partial charge in [-0.15, -0.1) is 0 Å². The van der Waals surface area contributed by atoms with Gasteiger partial charge < -0.3 is 0 Å². The minimum Gasteiger partial charge on any atom is -0.267 e. The summed E-state index contributed by atoms with van der Waals surface area (Å²) in [5.74, 6) is -2.61. The van der Waals surface area contributed by atoms with Crippen LogP contribution < -0.4 is 0 Å². The fourth-order valence-electron chi connectivity index (χ4n) is 3.42. The van der Waals surface area contributed by atoms with Crippen molar-refractivity contribution in [1.29, 1.82) is 0 Å². The van der Waals surface area contributed by atoms with Gasteiger partial charge in [-0.2, -0.15) is 5.01 Å². The first kappa shape index (κ1) is 24.0. The molecule has 3 aromatic carbocycles. The fourth-order valence-corrected chi connectivity index (χ4v) is 4.44. The number of fused-ring (bicyclic) bond motifs is 1. The lowest BCUT2D eigenvalue weighted by atomic mass is 10.1. The van der Waals surface area contributed by atoms with Gasteiger partial charge in [0.25, 0.3) is 23.4 Å². The maximum Gasteiger partial charge on any atom is 0.282 e. The molecule has 3 aromatic rings. The lowest BCUT2D eigenvalue weighted by molar-refractivity contribution is -0.384. The molecule has 0 fully saturated rings. The largest absolute Gasteiger partial charge is 0.282 e. The van der Waals surface area contributed by atoms with Crippen LogP contribution in [0.15, 0.2) is 54.6 Å². The van der Waals surface area contributed by atoms with E-state index in [0.29, 0.717) is 10.6 Å². The second kappa shape index (κ2) is 9.23. The lowest BCUT2D eigenvalue weighted by Gasteiger charge is -2.30. The molecule has 0 aromatic heterocycles. The molecule has 1 heterocycles. The van der Waals surface area contributed by atoms with E-state index in [0.717, 1.165) is 17.1 Å². The van der Waals surface area contributed by atoms with Crippen LogP contribution in [0.25, 0.3) is 0 Å². The Labute approximate surface area is 212 Å². The normalized spacial score (nSPS) is 12.6. The van der Waals surface area contributed by atoms with Crippen molar-refractivity contribution in [2.75, 3.05) is 0 Å². The Bertz CT molecular complexity index is 1320. The molecule has 0 saturated heterocycles. The number of nitrogens with zero attached hydrogens (tertiary/aromatic N) is 3. The summed E-state index contributed by atoms with van der Waals surface area (Å²) in [6.07, 6.45) is 0. The SMILES string of the molecule is O=C(c1ccc([N+](=O)[O-])cc1)N(Cc1ccccc1)N1C(=O)c2c(Cl)c(Cl)c(Cl)c(Cl)c2C1=O. The highest BCUT2D eigenvalue weighted by molar-refractivity contribution is 6.55. The van der Waals surface area contributed by atoms with Gasteiger partial charge in [-0.25, -0.2) is 5.01 Å². The Morgan fingerprint density at radius 2 is 1.32 bits per heavy atom. The number of carbonyl (C=O) groups is 3. The van der Waals surface area contributed by atoms with Crippen LogP contribution >= 0.6 is 46.4 Å².